The minimum absolute atomic E-state index is 0.276. The number of hydrogen-bond acceptors (Lipinski definition) is 1. The van der Waals surface area contributed by atoms with E-state index in [9.17, 15) is 5.11 Å². The topological polar surface area (TPSA) is 36.0 Å². The van der Waals surface area contributed by atoms with Crippen molar-refractivity contribution < 1.29 is 5.11 Å². The number of halogens is 1. The molecule has 1 heterocycles. The summed E-state index contributed by atoms with van der Waals surface area (Å²) >= 11 is 5.94. The molecule has 18 heavy (non-hydrogen) atoms. The fraction of sp³-hybridized carbons (Fsp3) is 0.0667. The molecule has 3 rings (SSSR count). The minimum atomic E-state index is 0.276. The zero-order valence-corrected chi connectivity index (χ0v) is 10.4. The van der Waals surface area contributed by atoms with Crippen molar-refractivity contribution in [1.29, 1.82) is 0 Å². The number of aromatic amines is 1. The van der Waals surface area contributed by atoms with Gasteiger partial charge >= 0.3 is 0 Å². The lowest BCUT2D eigenvalue weighted by Crippen LogP contribution is -1.88. The molecule has 0 fully saturated rings. The Bertz CT molecular complexity index is 670. The number of aromatic hydroxyl groups is 1. The summed E-state index contributed by atoms with van der Waals surface area (Å²) in [5, 5.41) is 11.6. The van der Waals surface area contributed by atoms with Crippen molar-refractivity contribution in [3.8, 4) is 5.75 Å². The Kier molecular flexibility index (Phi) is 2.73. The predicted octanol–water partition coefficient (Wildman–Crippen LogP) is 4.12. The van der Waals surface area contributed by atoms with Gasteiger partial charge in [0.05, 0.1) is 0 Å². The maximum atomic E-state index is 9.80. The highest BCUT2D eigenvalue weighted by Crippen LogP contribution is 2.25. The maximum Gasteiger partial charge on any atom is 0.119 e. The summed E-state index contributed by atoms with van der Waals surface area (Å²) in [5.41, 5.74) is 3.00. The summed E-state index contributed by atoms with van der Waals surface area (Å²) in [6.07, 6.45) is 0.640. The highest BCUT2D eigenvalue weighted by molar-refractivity contribution is 6.30. The summed E-state index contributed by atoms with van der Waals surface area (Å²) in [6, 6.07) is 15.3. The molecule has 0 saturated carbocycles. The number of rotatable bonds is 2. The number of aromatic nitrogens is 1. The summed E-state index contributed by atoms with van der Waals surface area (Å²) in [4.78, 5) is 3.34. The second-order valence-electron chi connectivity index (χ2n) is 4.33. The van der Waals surface area contributed by atoms with Gasteiger partial charge in [-0.25, -0.2) is 0 Å². The van der Waals surface area contributed by atoms with Crippen molar-refractivity contribution in [2.75, 3.05) is 0 Å². The molecule has 2 nitrogen and oxygen atoms in total. The lowest BCUT2D eigenvalue weighted by molar-refractivity contribution is 0.469. The van der Waals surface area contributed by atoms with Crippen molar-refractivity contribution in [2.45, 2.75) is 6.42 Å². The van der Waals surface area contributed by atoms with E-state index in [0.717, 1.165) is 16.8 Å². The molecule has 3 heteroatoms. The molecule has 0 bridgehead atoms. The SMILES string of the molecule is Oc1ccc(Cl)cc1Cc1cc2ccccc2[nH]1. The molecule has 0 saturated heterocycles. The van der Waals surface area contributed by atoms with Gasteiger partial charge in [-0.05, 0) is 35.7 Å². The first-order chi connectivity index (χ1) is 8.72. The van der Waals surface area contributed by atoms with E-state index in [-0.39, 0.29) is 5.75 Å². The summed E-state index contributed by atoms with van der Waals surface area (Å²) in [6.45, 7) is 0. The third-order valence-corrected chi connectivity index (χ3v) is 3.24. The van der Waals surface area contributed by atoms with Crippen LogP contribution in [0.5, 0.6) is 5.75 Å². The molecule has 0 aliphatic heterocycles. The quantitative estimate of drug-likeness (QED) is 0.712. The lowest BCUT2D eigenvalue weighted by atomic mass is 10.1. The monoisotopic (exact) mass is 257 g/mol. The molecule has 0 unspecified atom stereocenters. The molecule has 0 aliphatic rings. The van der Waals surface area contributed by atoms with Gasteiger partial charge in [-0.3, -0.25) is 0 Å². The number of phenolic OH excluding ortho intramolecular Hbond substituents is 1. The Hall–Kier alpha value is -1.93. The standard InChI is InChI=1S/C15H12ClNO/c16-12-5-6-15(18)11(7-12)9-13-8-10-3-1-2-4-14(10)17-13/h1-8,17-18H,9H2. The number of phenols is 1. The van der Waals surface area contributed by atoms with Crippen LogP contribution in [0.4, 0.5) is 0 Å². The Morgan fingerprint density at radius 3 is 2.72 bits per heavy atom. The summed E-state index contributed by atoms with van der Waals surface area (Å²) in [7, 11) is 0. The zero-order chi connectivity index (χ0) is 12.5. The first-order valence-corrected chi connectivity index (χ1v) is 6.14. The lowest BCUT2D eigenvalue weighted by Gasteiger charge is -2.03. The van der Waals surface area contributed by atoms with E-state index in [4.69, 9.17) is 11.6 Å². The smallest absolute Gasteiger partial charge is 0.119 e. The van der Waals surface area contributed by atoms with Crippen LogP contribution in [0.25, 0.3) is 10.9 Å². The summed E-state index contributed by atoms with van der Waals surface area (Å²) < 4.78 is 0. The van der Waals surface area contributed by atoms with Gasteiger partial charge in [0.2, 0.25) is 0 Å². The van der Waals surface area contributed by atoms with Gasteiger partial charge in [0.25, 0.3) is 0 Å². The first-order valence-electron chi connectivity index (χ1n) is 5.76. The number of benzene rings is 2. The average Bonchev–Trinajstić information content (AvgIpc) is 2.76. The van der Waals surface area contributed by atoms with E-state index < -0.39 is 0 Å². The van der Waals surface area contributed by atoms with E-state index in [1.807, 2.05) is 18.2 Å². The normalized spacial score (nSPS) is 10.9. The Morgan fingerprint density at radius 2 is 1.89 bits per heavy atom. The molecule has 0 spiro atoms. The van der Waals surface area contributed by atoms with Gasteiger partial charge in [-0.15, -0.1) is 0 Å². The zero-order valence-electron chi connectivity index (χ0n) is 9.65. The van der Waals surface area contributed by atoms with Crippen LogP contribution in [0.2, 0.25) is 5.02 Å². The van der Waals surface area contributed by atoms with E-state index in [0.29, 0.717) is 11.4 Å². The molecule has 0 aliphatic carbocycles. The van der Waals surface area contributed by atoms with Crippen LogP contribution in [0.3, 0.4) is 0 Å². The van der Waals surface area contributed by atoms with Crippen molar-refractivity contribution in [2.24, 2.45) is 0 Å². The largest absolute Gasteiger partial charge is 0.508 e. The second-order valence-corrected chi connectivity index (χ2v) is 4.77. The molecule has 0 atom stereocenters. The Balaban J connectivity index is 1.98. The average molecular weight is 258 g/mol. The van der Waals surface area contributed by atoms with Gasteiger partial charge < -0.3 is 10.1 Å². The first kappa shape index (κ1) is 11.2. The number of para-hydroxylation sites is 1. The molecular weight excluding hydrogens is 246 g/mol. The third kappa shape index (κ3) is 2.07. The molecule has 3 aromatic rings. The molecular formula is C15H12ClNO. The highest BCUT2D eigenvalue weighted by atomic mass is 35.5. The molecule has 1 aromatic heterocycles. The van der Waals surface area contributed by atoms with Crippen LogP contribution in [0.15, 0.2) is 48.5 Å². The molecule has 0 radical (unpaired) electrons. The van der Waals surface area contributed by atoms with Gasteiger partial charge in [0, 0.05) is 28.2 Å². The molecule has 2 aromatic carbocycles. The van der Waals surface area contributed by atoms with Crippen LogP contribution >= 0.6 is 11.6 Å². The van der Waals surface area contributed by atoms with Crippen molar-refractivity contribution in [1.82, 2.24) is 4.98 Å². The van der Waals surface area contributed by atoms with Gasteiger partial charge in [-0.1, -0.05) is 29.8 Å². The van der Waals surface area contributed by atoms with Crippen molar-refractivity contribution in [3.63, 3.8) is 0 Å². The molecule has 90 valence electrons. The van der Waals surface area contributed by atoms with Crippen molar-refractivity contribution in [3.05, 3.63) is 64.8 Å². The maximum absolute atomic E-state index is 9.80. The number of fused-ring (bicyclic) bond motifs is 1. The molecule has 0 amide bonds. The fourth-order valence-corrected chi connectivity index (χ4v) is 2.32. The van der Waals surface area contributed by atoms with E-state index >= 15 is 0 Å². The van der Waals surface area contributed by atoms with Gasteiger partial charge in [0.1, 0.15) is 5.75 Å². The van der Waals surface area contributed by atoms with E-state index in [1.54, 1.807) is 18.2 Å². The fourth-order valence-electron chi connectivity index (χ4n) is 2.13. The van der Waals surface area contributed by atoms with Crippen LogP contribution in [0.1, 0.15) is 11.3 Å². The van der Waals surface area contributed by atoms with Crippen molar-refractivity contribution >= 4 is 22.5 Å². The van der Waals surface area contributed by atoms with Crippen LogP contribution in [-0.4, -0.2) is 10.1 Å². The number of H-pyrrole nitrogens is 1. The minimum Gasteiger partial charge on any atom is -0.508 e. The van der Waals surface area contributed by atoms with Crippen LogP contribution in [-0.2, 0) is 6.42 Å². The third-order valence-electron chi connectivity index (χ3n) is 3.01. The number of nitrogens with one attached hydrogen (secondary N) is 1. The van der Waals surface area contributed by atoms with Gasteiger partial charge in [-0.2, -0.15) is 0 Å². The summed E-state index contributed by atoms with van der Waals surface area (Å²) in [5.74, 6) is 0.276. The van der Waals surface area contributed by atoms with Gasteiger partial charge in [0.15, 0.2) is 0 Å². The predicted molar refractivity (Wildman–Crippen MR) is 74.2 cm³/mol. The molecule has 2 N–H and O–H groups in total. The van der Waals surface area contributed by atoms with Crippen LogP contribution < -0.4 is 0 Å². The van der Waals surface area contributed by atoms with E-state index in [2.05, 4.69) is 17.1 Å². The second kappa shape index (κ2) is 4.39. The highest BCUT2D eigenvalue weighted by Gasteiger charge is 2.06. The van der Waals surface area contributed by atoms with Crippen LogP contribution in [0, 0.1) is 0 Å². The Labute approximate surface area is 110 Å². The number of hydrogen-bond donors (Lipinski definition) is 2. The Morgan fingerprint density at radius 1 is 1.06 bits per heavy atom. The van der Waals surface area contributed by atoms with E-state index in [1.165, 1.54) is 5.39 Å².